The fourth-order valence-corrected chi connectivity index (χ4v) is 3.21. The average Bonchev–Trinajstić information content (AvgIpc) is 3.04. The van der Waals surface area contributed by atoms with E-state index in [1.807, 2.05) is 4.68 Å². The van der Waals surface area contributed by atoms with Crippen molar-refractivity contribution in [1.82, 2.24) is 24.6 Å². The predicted molar refractivity (Wildman–Crippen MR) is 83.1 cm³/mol. The van der Waals surface area contributed by atoms with E-state index in [1.54, 1.807) is 6.33 Å². The minimum absolute atomic E-state index is 0.503. The molecule has 0 saturated carbocycles. The van der Waals surface area contributed by atoms with Crippen LogP contribution in [0.4, 0.5) is 0 Å². The van der Waals surface area contributed by atoms with Gasteiger partial charge in [-0.2, -0.15) is 5.10 Å². The van der Waals surface area contributed by atoms with Gasteiger partial charge in [0.05, 0.1) is 6.54 Å². The number of aryl methyl sites for hydroxylation is 1. The maximum Gasteiger partial charge on any atom is 0.146 e. The molecule has 3 rings (SSSR count). The van der Waals surface area contributed by atoms with Crippen molar-refractivity contribution in [3.8, 4) is 0 Å². The standard InChI is InChI=1S/C16H25N5/c1-12(2)7-21-16(18-11-19-21)10-20-8-13-5-4-6-15(17-3)14(13)9-20/h8-9,11-12,15,17H,4-7,10H2,1-3H3. The van der Waals surface area contributed by atoms with Gasteiger partial charge in [0.15, 0.2) is 0 Å². The van der Waals surface area contributed by atoms with Crippen LogP contribution in [0.15, 0.2) is 18.7 Å². The Balaban J connectivity index is 1.80. The molecule has 0 spiro atoms. The van der Waals surface area contributed by atoms with Crippen molar-refractivity contribution >= 4 is 0 Å². The Labute approximate surface area is 126 Å². The van der Waals surface area contributed by atoms with E-state index in [4.69, 9.17) is 0 Å². The Kier molecular flexibility index (Phi) is 4.10. The summed E-state index contributed by atoms with van der Waals surface area (Å²) in [6, 6.07) is 0.503. The molecular formula is C16H25N5. The third-order valence-corrected chi connectivity index (χ3v) is 4.22. The maximum absolute atomic E-state index is 4.43. The highest BCUT2D eigenvalue weighted by Gasteiger charge is 2.21. The van der Waals surface area contributed by atoms with E-state index in [0.717, 1.165) is 18.9 Å². The summed E-state index contributed by atoms with van der Waals surface area (Å²) >= 11 is 0. The third-order valence-electron chi connectivity index (χ3n) is 4.22. The number of aromatic nitrogens is 4. The zero-order chi connectivity index (χ0) is 14.8. The normalized spacial score (nSPS) is 18.2. The van der Waals surface area contributed by atoms with E-state index >= 15 is 0 Å². The average molecular weight is 287 g/mol. The lowest BCUT2D eigenvalue weighted by Crippen LogP contribution is -2.20. The molecule has 1 unspecified atom stereocenters. The summed E-state index contributed by atoms with van der Waals surface area (Å²) in [4.78, 5) is 4.43. The zero-order valence-corrected chi connectivity index (χ0v) is 13.2. The Morgan fingerprint density at radius 1 is 1.38 bits per heavy atom. The van der Waals surface area contributed by atoms with Gasteiger partial charge >= 0.3 is 0 Å². The number of rotatable bonds is 5. The van der Waals surface area contributed by atoms with Gasteiger partial charge in [-0.1, -0.05) is 13.8 Å². The molecule has 2 heterocycles. The first-order chi connectivity index (χ1) is 10.2. The molecule has 1 N–H and O–H groups in total. The molecule has 21 heavy (non-hydrogen) atoms. The van der Waals surface area contributed by atoms with Gasteiger partial charge in [0, 0.05) is 25.0 Å². The monoisotopic (exact) mass is 287 g/mol. The van der Waals surface area contributed by atoms with E-state index in [1.165, 1.54) is 30.4 Å². The molecule has 2 aromatic heterocycles. The number of nitrogens with one attached hydrogen (secondary N) is 1. The minimum atomic E-state index is 0.503. The van der Waals surface area contributed by atoms with Crippen molar-refractivity contribution in [2.24, 2.45) is 5.92 Å². The molecule has 0 aliphatic heterocycles. The zero-order valence-electron chi connectivity index (χ0n) is 13.2. The van der Waals surface area contributed by atoms with Crippen LogP contribution in [0.2, 0.25) is 0 Å². The molecule has 0 aromatic carbocycles. The van der Waals surface area contributed by atoms with Gasteiger partial charge in [-0.15, -0.1) is 0 Å². The van der Waals surface area contributed by atoms with Crippen LogP contribution in [0.1, 0.15) is 49.7 Å². The highest BCUT2D eigenvalue weighted by Crippen LogP contribution is 2.30. The van der Waals surface area contributed by atoms with Crippen molar-refractivity contribution in [3.05, 3.63) is 35.7 Å². The molecule has 0 saturated heterocycles. The lowest BCUT2D eigenvalue weighted by Gasteiger charge is -2.21. The lowest BCUT2D eigenvalue weighted by atomic mass is 9.91. The quantitative estimate of drug-likeness (QED) is 0.918. The van der Waals surface area contributed by atoms with Crippen LogP contribution < -0.4 is 5.32 Å². The summed E-state index contributed by atoms with van der Waals surface area (Å²) in [6.07, 6.45) is 9.93. The summed E-state index contributed by atoms with van der Waals surface area (Å²) in [6.45, 7) is 6.14. The van der Waals surface area contributed by atoms with E-state index in [2.05, 4.69) is 53.3 Å². The summed E-state index contributed by atoms with van der Waals surface area (Å²) in [5, 5.41) is 7.77. The Morgan fingerprint density at radius 3 is 3.00 bits per heavy atom. The molecule has 1 atom stereocenters. The van der Waals surface area contributed by atoms with Crippen molar-refractivity contribution in [2.45, 2.75) is 52.2 Å². The molecule has 114 valence electrons. The van der Waals surface area contributed by atoms with Crippen molar-refractivity contribution in [1.29, 1.82) is 0 Å². The number of nitrogens with zero attached hydrogens (tertiary/aromatic N) is 4. The van der Waals surface area contributed by atoms with Crippen LogP contribution in [-0.4, -0.2) is 26.4 Å². The van der Waals surface area contributed by atoms with Gasteiger partial charge in [0.2, 0.25) is 0 Å². The second kappa shape index (κ2) is 6.02. The van der Waals surface area contributed by atoms with Crippen LogP contribution in [0, 0.1) is 5.92 Å². The van der Waals surface area contributed by atoms with Gasteiger partial charge in [-0.05, 0) is 43.4 Å². The van der Waals surface area contributed by atoms with E-state index in [9.17, 15) is 0 Å². The Hall–Kier alpha value is -1.62. The number of fused-ring (bicyclic) bond motifs is 1. The van der Waals surface area contributed by atoms with E-state index in [0.29, 0.717) is 12.0 Å². The highest BCUT2D eigenvalue weighted by atomic mass is 15.3. The fourth-order valence-electron chi connectivity index (χ4n) is 3.21. The van der Waals surface area contributed by atoms with Crippen molar-refractivity contribution < 1.29 is 0 Å². The third kappa shape index (κ3) is 3.02. The first kappa shape index (κ1) is 14.3. The molecule has 5 heteroatoms. The fraction of sp³-hybridized carbons (Fsp3) is 0.625. The van der Waals surface area contributed by atoms with E-state index in [-0.39, 0.29) is 0 Å². The molecular weight excluding hydrogens is 262 g/mol. The van der Waals surface area contributed by atoms with Gasteiger partial charge < -0.3 is 9.88 Å². The molecule has 0 bridgehead atoms. The molecule has 5 nitrogen and oxygen atoms in total. The minimum Gasteiger partial charge on any atom is -0.346 e. The topological polar surface area (TPSA) is 47.7 Å². The molecule has 1 aliphatic rings. The molecule has 2 aromatic rings. The van der Waals surface area contributed by atoms with Crippen LogP contribution in [-0.2, 0) is 19.5 Å². The largest absolute Gasteiger partial charge is 0.346 e. The molecule has 0 radical (unpaired) electrons. The number of hydrogen-bond acceptors (Lipinski definition) is 3. The van der Waals surface area contributed by atoms with Crippen LogP contribution in [0.5, 0.6) is 0 Å². The smallest absolute Gasteiger partial charge is 0.146 e. The lowest BCUT2D eigenvalue weighted by molar-refractivity contribution is 0.460. The second-order valence-electron chi connectivity index (χ2n) is 6.40. The highest BCUT2D eigenvalue weighted by molar-refractivity contribution is 5.30. The summed E-state index contributed by atoms with van der Waals surface area (Å²) in [7, 11) is 2.05. The van der Waals surface area contributed by atoms with Gasteiger partial charge in [0.1, 0.15) is 12.2 Å². The molecule has 1 aliphatic carbocycles. The molecule has 0 amide bonds. The van der Waals surface area contributed by atoms with Gasteiger partial charge in [0.25, 0.3) is 0 Å². The van der Waals surface area contributed by atoms with Crippen LogP contribution in [0.25, 0.3) is 0 Å². The summed E-state index contributed by atoms with van der Waals surface area (Å²) in [5.41, 5.74) is 2.94. The van der Waals surface area contributed by atoms with Crippen molar-refractivity contribution in [3.63, 3.8) is 0 Å². The second-order valence-corrected chi connectivity index (χ2v) is 6.40. The summed E-state index contributed by atoms with van der Waals surface area (Å²) in [5.74, 6) is 1.62. The van der Waals surface area contributed by atoms with Crippen LogP contribution >= 0.6 is 0 Å². The first-order valence-corrected chi connectivity index (χ1v) is 7.90. The summed E-state index contributed by atoms with van der Waals surface area (Å²) < 4.78 is 4.29. The van der Waals surface area contributed by atoms with Crippen LogP contribution in [0.3, 0.4) is 0 Å². The first-order valence-electron chi connectivity index (χ1n) is 7.90. The Morgan fingerprint density at radius 2 is 2.24 bits per heavy atom. The SMILES string of the molecule is CNC1CCCc2cn(Cc3ncnn3CC(C)C)cc21. The predicted octanol–water partition coefficient (Wildman–Crippen LogP) is 2.38. The van der Waals surface area contributed by atoms with Gasteiger partial charge in [-0.25, -0.2) is 9.67 Å². The molecule has 0 fully saturated rings. The van der Waals surface area contributed by atoms with Gasteiger partial charge in [-0.3, -0.25) is 0 Å². The number of hydrogen-bond donors (Lipinski definition) is 1. The Bertz CT molecular complexity index is 596. The van der Waals surface area contributed by atoms with Crippen molar-refractivity contribution in [2.75, 3.05) is 7.05 Å². The maximum atomic E-state index is 4.43. The van der Waals surface area contributed by atoms with E-state index < -0.39 is 0 Å².